The Morgan fingerprint density at radius 1 is 1.16 bits per heavy atom. The highest BCUT2D eigenvalue weighted by molar-refractivity contribution is 7.15. The predicted octanol–water partition coefficient (Wildman–Crippen LogP) is 3.80. The smallest absolute Gasteiger partial charge is 0.262 e. The van der Waals surface area contributed by atoms with Gasteiger partial charge >= 0.3 is 0 Å². The van der Waals surface area contributed by atoms with Gasteiger partial charge in [0.2, 0.25) is 0 Å². The lowest BCUT2D eigenvalue weighted by atomic mass is 10.3. The molecule has 0 fully saturated rings. The summed E-state index contributed by atoms with van der Waals surface area (Å²) in [5.74, 6) is -0.461. The highest BCUT2D eigenvalue weighted by Gasteiger charge is 2.09. The van der Waals surface area contributed by atoms with Crippen molar-refractivity contribution in [3.8, 4) is 11.5 Å². The number of ether oxygens (including phenoxy) is 2. The lowest BCUT2D eigenvalue weighted by Crippen LogP contribution is -2.20. The van der Waals surface area contributed by atoms with E-state index in [9.17, 15) is 14.0 Å². The molecular formula is C22H18FN3O4S. The number of amides is 1. The van der Waals surface area contributed by atoms with E-state index < -0.39 is 11.7 Å². The number of benzene rings is 2. The molecule has 1 N–H and O–H groups in total. The van der Waals surface area contributed by atoms with Crippen molar-refractivity contribution in [3.05, 3.63) is 87.5 Å². The number of anilines is 1. The minimum atomic E-state index is -0.533. The first kappa shape index (κ1) is 20.5. The summed E-state index contributed by atoms with van der Waals surface area (Å²) in [4.78, 5) is 29.4. The molecule has 0 aliphatic rings. The Hall–Kier alpha value is -3.72. The van der Waals surface area contributed by atoms with Crippen molar-refractivity contribution >= 4 is 27.9 Å². The lowest BCUT2D eigenvalue weighted by Gasteiger charge is -2.10. The maximum Gasteiger partial charge on any atom is 0.262 e. The van der Waals surface area contributed by atoms with Gasteiger partial charge < -0.3 is 14.8 Å². The summed E-state index contributed by atoms with van der Waals surface area (Å²) in [7, 11) is 0. The Morgan fingerprint density at radius 3 is 2.84 bits per heavy atom. The third-order valence-corrected chi connectivity index (χ3v) is 5.27. The predicted molar refractivity (Wildman–Crippen MR) is 115 cm³/mol. The second kappa shape index (κ2) is 8.97. The summed E-state index contributed by atoms with van der Waals surface area (Å²) >= 11 is 1.39. The average Bonchev–Trinajstić information content (AvgIpc) is 3.13. The monoisotopic (exact) mass is 439 g/mol. The highest BCUT2D eigenvalue weighted by Crippen LogP contribution is 2.19. The molecule has 0 atom stereocenters. The van der Waals surface area contributed by atoms with Crippen LogP contribution in [0.25, 0.3) is 4.96 Å². The minimum Gasteiger partial charge on any atom is -0.487 e. The van der Waals surface area contributed by atoms with Crippen LogP contribution in [0, 0.1) is 12.7 Å². The average molecular weight is 439 g/mol. The Morgan fingerprint density at radius 2 is 2.00 bits per heavy atom. The van der Waals surface area contributed by atoms with E-state index in [0.29, 0.717) is 22.1 Å². The number of carbonyl (C=O) groups excluding carboxylic acids is 1. The van der Waals surface area contributed by atoms with Gasteiger partial charge in [0.1, 0.15) is 12.4 Å². The molecule has 0 aliphatic heterocycles. The first-order valence-electron chi connectivity index (χ1n) is 9.36. The van der Waals surface area contributed by atoms with Crippen molar-refractivity contribution in [1.82, 2.24) is 9.38 Å². The third-order valence-electron chi connectivity index (χ3n) is 4.33. The standard InChI is InChI=1S/C22H18FN3O4S/c1-14-13-31-22-25-16(10-21(28)26(14)22)11-29-17-6-4-5-15(9-17)24-20(27)12-30-19-8-3-2-7-18(19)23/h2-10,13H,11-12H2,1H3,(H,24,27). The van der Waals surface area contributed by atoms with Crippen molar-refractivity contribution in [2.24, 2.45) is 0 Å². The Kier molecular flexibility index (Phi) is 5.94. The molecule has 0 radical (unpaired) electrons. The molecule has 0 saturated carbocycles. The normalized spacial score (nSPS) is 10.8. The molecule has 1 amide bonds. The van der Waals surface area contributed by atoms with E-state index in [1.807, 2.05) is 12.3 Å². The molecule has 7 nitrogen and oxygen atoms in total. The van der Waals surface area contributed by atoms with Gasteiger partial charge in [0, 0.05) is 28.9 Å². The van der Waals surface area contributed by atoms with Crippen molar-refractivity contribution in [2.45, 2.75) is 13.5 Å². The van der Waals surface area contributed by atoms with Gasteiger partial charge in [-0.2, -0.15) is 0 Å². The van der Waals surface area contributed by atoms with E-state index in [1.54, 1.807) is 40.8 Å². The van der Waals surface area contributed by atoms with Gasteiger partial charge in [0.05, 0.1) is 5.69 Å². The van der Waals surface area contributed by atoms with Crippen LogP contribution in [0.15, 0.2) is 64.8 Å². The number of fused-ring (bicyclic) bond motifs is 1. The summed E-state index contributed by atoms with van der Waals surface area (Å²) < 4.78 is 26.0. The van der Waals surface area contributed by atoms with E-state index >= 15 is 0 Å². The summed E-state index contributed by atoms with van der Waals surface area (Å²) in [5.41, 5.74) is 1.70. The van der Waals surface area contributed by atoms with Crippen LogP contribution in [0.4, 0.5) is 10.1 Å². The number of carbonyl (C=O) groups is 1. The molecule has 4 rings (SSSR count). The number of hydrogen-bond donors (Lipinski definition) is 1. The van der Waals surface area contributed by atoms with Crippen LogP contribution in [-0.4, -0.2) is 21.9 Å². The molecule has 9 heteroatoms. The SMILES string of the molecule is Cc1csc2nc(COc3cccc(NC(=O)COc4ccccc4F)c3)cc(=O)n12. The summed E-state index contributed by atoms with van der Waals surface area (Å²) in [6.45, 7) is 1.63. The van der Waals surface area contributed by atoms with Gasteiger partial charge in [-0.15, -0.1) is 11.3 Å². The number of hydrogen-bond acceptors (Lipinski definition) is 6. The highest BCUT2D eigenvalue weighted by atomic mass is 32.1. The number of thiazole rings is 1. The van der Waals surface area contributed by atoms with Crippen LogP contribution < -0.4 is 20.3 Å². The Bertz CT molecular complexity index is 1300. The van der Waals surface area contributed by atoms with E-state index in [1.165, 1.54) is 29.5 Å². The van der Waals surface area contributed by atoms with Crippen LogP contribution in [0.1, 0.15) is 11.4 Å². The van der Waals surface area contributed by atoms with Crippen molar-refractivity contribution in [3.63, 3.8) is 0 Å². The van der Waals surface area contributed by atoms with Crippen LogP contribution in [0.2, 0.25) is 0 Å². The maximum absolute atomic E-state index is 13.6. The molecule has 0 bridgehead atoms. The molecule has 2 aromatic carbocycles. The zero-order chi connectivity index (χ0) is 21.8. The van der Waals surface area contributed by atoms with Crippen LogP contribution >= 0.6 is 11.3 Å². The summed E-state index contributed by atoms with van der Waals surface area (Å²) in [5, 5.41) is 4.54. The first-order chi connectivity index (χ1) is 15.0. The van der Waals surface area contributed by atoms with E-state index in [0.717, 1.165) is 5.69 Å². The molecule has 2 aromatic heterocycles. The van der Waals surface area contributed by atoms with E-state index in [-0.39, 0.29) is 24.5 Å². The van der Waals surface area contributed by atoms with Crippen molar-refractivity contribution in [2.75, 3.05) is 11.9 Å². The van der Waals surface area contributed by atoms with E-state index in [4.69, 9.17) is 9.47 Å². The van der Waals surface area contributed by atoms with Crippen molar-refractivity contribution < 1.29 is 18.7 Å². The fraction of sp³-hybridized carbons (Fsp3) is 0.136. The number of nitrogens with one attached hydrogen (secondary N) is 1. The van der Waals surface area contributed by atoms with Crippen LogP contribution in [-0.2, 0) is 11.4 Å². The molecule has 0 aliphatic carbocycles. The molecule has 0 unspecified atom stereocenters. The zero-order valence-corrected chi connectivity index (χ0v) is 17.3. The fourth-order valence-electron chi connectivity index (χ4n) is 2.90. The summed E-state index contributed by atoms with van der Waals surface area (Å²) in [6.07, 6.45) is 0. The topological polar surface area (TPSA) is 81.9 Å². The first-order valence-corrected chi connectivity index (χ1v) is 10.2. The second-order valence-electron chi connectivity index (χ2n) is 6.66. The molecule has 4 aromatic rings. The van der Waals surface area contributed by atoms with Gasteiger partial charge in [-0.3, -0.25) is 14.0 Å². The lowest BCUT2D eigenvalue weighted by molar-refractivity contribution is -0.118. The third kappa shape index (κ3) is 4.89. The largest absolute Gasteiger partial charge is 0.487 e. The van der Waals surface area contributed by atoms with Gasteiger partial charge in [0.15, 0.2) is 23.1 Å². The molecule has 158 valence electrons. The Balaban J connectivity index is 1.36. The van der Waals surface area contributed by atoms with Gasteiger partial charge in [-0.05, 0) is 31.2 Å². The van der Waals surface area contributed by atoms with Gasteiger partial charge in [0.25, 0.3) is 11.5 Å². The number of aromatic nitrogens is 2. The molecule has 31 heavy (non-hydrogen) atoms. The van der Waals surface area contributed by atoms with Crippen molar-refractivity contribution in [1.29, 1.82) is 0 Å². The van der Waals surface area contributed by atoms with Crippen LogP contribution in [0.3, 0.4) is 0 Å². The maximum atomic E-state index is 13.6. The molecular weight excluding hydrogens is 421 g/mol. The molecule has 2 heterocycles. The number of rotatable bonds is 7. The van der Waals surface area contributed by atoms with E-state index in [2.05, 4.69) is 10.3 Å². The van der Waals surface area contributed by atoms with Gasteiger partial charge in [-0.1, -0.05) is 18.2 Å². The quantitative estimate of drug-likeness (QED) is 0.474. The number of aryl methyl sites for hydroxylation is 1. The zero-order valence-electron chi connectivity index (χ0n) is 16.5. The second-order valence-corrected chi connectivity index (χ2v) is 7.50. The minimum absolute atomic E-state index is 0.0102. The number of nitrogens with zero attached hydrogens (tertiary/aromatic N) is 2. The molecule has 0 spiro atoms. The number of para-hydroxylation sites is 1. The van der Waals surface area contributed by atoms with Crippen LogP contribution in [0.5, 0.6) is 11.5 Å². The Labute approximate surface area is 180 Å². The van der Waals surface area contributed by atoms with Gasteiger partial charge in [-0.25, -0.2) is 9.37 Å². The molecule has 0 saturated heterocycles. The summed E-state index contributed by atoms with van der Waals surface area (Å²) in [6, 6.07) is 14.1. The number of halogens is 1. The fourth-order valence-corrected chi connectivity index (χ4v) is 3.79.